The quantitative estimate of drug-likeness (QED) is 0.0462. The zero-order valence-corrected chi connectivity index (χ0v) is 27.4. The van der Waals surface area contributed by atoms with E-state index in [2.05, 4.69) is 54.9 Å². The third-order valence-electron chi connectivity index (χ3n) is 7.04. The average Bonchev–Trinajstić information content (AvgIpc) is 2.98. The number of nitrogens with one attached hydrogen (secondary N) is 5. The maximum atomic E-state index is 12.3. The van der Waals surface area contributed by atoms with Gasteiger partial charge in [-0.3, -0.25) is 20.2 Å². The summed E-state index contributed by atoms with van der Waals surface area (Å²) in [6.07, 6.45) is 5.49. The maximum Gasteiger partial charge on any atom is 0.280 e. The minimum atomic E-state index is -3.56. The van der Waals surface area contributed by atoms with Gasteiger partial charge in [-0.15, -0.1) is 0 Å². The summed E-state index contributed by atoms with van der Waals surface area (Å²) in [6.45, 7) is 2.84. The smallest absolute Gasteiger partial charge is 0.280 e. The van der Waals surface area contributed by atoms with Crippen molar-refractivity contribution in [3.8, 4) is 5.75 Å². The number of nitrogens with zero attached hydrogens (tertiary/aromatic N) is 2. The number of nitrogens with two attached hydrogens (primary N) is 2. The number of anilines is 3. The molecule has 1 aromatic heterocycles. The Morgan fingerprint density at radius 3 is 2.33 bits per heavy atom. The highest BCUT2D eigenvalue weighted by Crippen LogP contribution is 2.28. The minimum absolute atomic E-state index is 0.0275. The van der Waals surface area contributed by atoms with Gasteiger partial charge in [0.2, 0.25) is 10.0 Å². The van der Waals surface area contributed by atoms with Gasteiger partial charge in [-0.1, -0.05) is 41.9 Å². The lowest BCUT2D eigenvalue weighted by Gasteiger charge is -2.18. The van der Waals surface area contributed by atoms with Gasteiger partial charge >= 0.3 is 0 Å². The third kappa shape index (κ3) is 12.0. The Morgan fingerprint density at radius 2 is 1.67 bits per heavy atom. The van der Waals surface area contributed by atoms with E-state index in [1.54, 1.807) is 6.07 Å². The van der Waals surface area contributed by atoms with Crippen LogP contribution in [0.5, 0.6) is 5.75 Å². The fourth-order valence-electron chi connectivity index (χ4n) is 4.55. The summed E-state index contributed by atoms with van der Waals surface area (Å²) < 4.78 is 25.3. The third-order valence-corrected chi connectivity index (χ3v) is 7.91. The molecule has 14 nitrogen and oxygen atoms in total. The van der Waals surface area contributed by atoms with Crippen LogP contribution in [-0.4, -0.2) is 65.9 Å². The summed E-state index contributed by atoms with van der Waals surface area (Å²) in [5.41, 5.74) is 14.0. The Hall–Kier alpha value is -4.18. The normalized spacial score (nSPS) is 12.7. The standard InChI is InChI=1S/C30H42ClN9O5S/c1-18(36-17-24(42)21-13-14-23(41)22(16-21)40-46(2,44)45)6-5-8-20-11-9-19(10-12-20)7-3-4-15-35-30(34)39-29(43)25-27(32)38-28(33)26(31)37-25/h9-14,16,18,24,36,40-42H,3-8,15,17H2,1-2H3,(H4,32,33,38)(H3,34,35,39,43)/t18?,24-/m0/s1. The molecule has 2 atom stereocenters. The van der Waals surface area contributed by atoms with Crippen molar-refractivity contribution in [3.63, 3.8) is 0 Å². The number of hydrogen-bond acceptors (Lipinski definition) is 11. The van der Waals surface area contributed by atoms with Crippen molar-refractivity contribution >= 4 is 50.8 Å². The van der Waals surface area contributed by atoms with Crippen molar-refractivity contribution in [3.05, 3.63) is 70.0 Å². The number of aromatic hydroxyl groups is 1. The molecule has 250 valence electrons. The highest BCUT2D eigenvalue weighted by atomic mass is 35.5. The number of hydrogen-bond donors (Lipinski definition) is 9. The van der Waals surface area contributed by atoms with Crippen LogP contribution in [0.3, 0.4) is 0 Å². The average molecular weight is 676 g/mol. The van der Waals surface area contributed by atoms with Crippen molar-refractivity contribution in [2.75, 3.05) is 35.5 Å². The molecule has 0 saturated carbocycles. The van der Waals surface area contributed by atoms with E-state index in [9.17, 15) is 23.4 Å². The molecule has 0 spiro atoms. The maximum absolute atomic E-state index is 12.3. The second kappa shape index (κ2) is 16.9. The van der Waals surface area contributed by atoms with Crippen molar-refractivity contribution in [2.45, 2.75) is 57.6 Å². The summed E-state index contributed by atoms with van der Waals surface area (Å²) in [6, 6.07) is 13.0. The molecule has 0 aliphatic carbocycles. The molecule has 2 aromatic carbocycles. The Morgan fingerprint density at radius 1 is 1.02 bits per heavy atom. The molecule has 1 unspecified atom stereocenters. The number of carbonyl (C=O) groups excluding carboxylic acids is 1. The van der Waals surface area contributed by atoms with Crippen LogP contribution in [0.25, 0.3) is 0 Å². The number of aryl methyl sites for hydroxylation is 2. The number of nitrogen functional groups attached to an aromatic ring is 2. The summed E-state index contributed by atoms with van der Waals surface area (Å²) >= 11 is 5.80. The van der Waals surface area contributed by atoms with Gasteiger partial charge in [-0.25, -0.2) is 18.4 Å². The summed E-state index contributed by atoms with van der Waals surface area (Å²) in [7, 11) is -3.56. The Bertz CT molecular complexity index is 1610. The molecule has 0 aliphatic rings. The van der Waals surface area contributed by atoms with Gasteiger partial charge in [0.1, 0.15) is 5.75 Å². The molecule has 0 radical (unpaired) electrons. The van der Waals surface area contributed by atoms with E-state index in [1.165, 1.54) is 23.3 Å². The lowest BCUT2D eigenvalue weighted by molar-refractivity contribution is 0.0971. The van der Waals surface area contributed by atoms with Gasteiger partial charge in [0.25, 0.3) is 5.91 Å². The molecule has 1 amide bonds. The number of halogens is 1. The molecule has 16 heteroatoms. The topological polar surface area (TPSA) is 241 Å². The van der Waals surface area contributed by atoms with Gasteiger partial charge < -0.3 is 32.3 Å². The molecule has 11 N–H and O–H groups in total. The fourth-order valence-corrected chi connectivity index (χ4v) is 5.24. The fraction of sp³-hybridized carbons (Fsp3) is 0.400. The van der Waals surface area contributed by atoms with Gasteiger partial charge in [0.15, 0.2) is 28.4 Å². The van der Waals surface area contributed by atoms with Crippen LogP contribution in [-0.2, 0) is 22.9 Å². The summed E-state index contributed by atoms with van der Waals surface area (Å²) in [5.74, 6) is -1.35. The first-order chi connectivity index (χ1) is 21.7. The van der Waals surface area contributed by atoms with Crippen LogP contribution in [0, 0.1) is 5.41 Å². The summed E-state index contributed by atoms with van der Waals surface area (Å²) in [4.78, 5) is 19.9. The number of aliphatic hydroxyl groups excluding tert-OH is 1. The van der Waals surface area contributed by atoms with Crippen LogP contribution in [0.2, 0.25) is 5.15 Å². The number of unbranched alkanes of at least 4 members (excludes halogenated alkanes) is 1. The van der Waals surface area contributed by atoms with E-state index in [-0.39, 0.29) is 52.5 Å². The monoisotopic (exact) mass is 675 g/mol. The first-order valence-electron chi connectivity index (χ1n) is 14.7. The highest BCUT2D eigenvalue weighted by Gasteiger charge is 2.17. The first kappa shape index (κ1) is 36.3. The molecule has 1 heterocycles. The zero-order chi connectivity index (χ0) is 33.9. The number of guanidine groups is 1. The number of phenolic OH excluding ortho intramolecular Hbond substituents is 1. The SMILES string of the molecule is CC(CCCc1ccc(CCCCNC(=N)NC(=O)c2nc(Cl)c(N)nc2N)cc1)NC[C@H](O)c1ccc(O)c(NS(C)(=O)=O)c1. The number of phenols is 1. The lowest BCUT2D eigenvalue weighted by atomic mass is 10.0. The molecule has 0 bridgehead atoms. The van der Waals surface area contributed by atoms with Crippen LogP contribution >= 0.6 is 11.6 Å². The van der Waals surface area contributed by atoms with E-state index in [4.69, 9.17) is 28.5 Å². The summed E-state index contributed by atoms with van der Waals surface area (Å²) in [5, 5.41) is 36.8. The van der Waals surface area contributed by atoms with E-state index in [0.717, 1.165) is 44.8 Å². The second-order valence-electron chi connectivity index (χ2n) is 11.0. The van der Waals surface area contributed by atoms with Gasteiger partial charge in [-0.2, -0.15) is 0 Å². The number of rotatable bonds is 16. The van der Waals surface area contributed by atoms with E-state index < -0.39 is 22.0 Å². The number of aliphatic hydroxyl groups is 1. The van der Waals surface area contributed by atoms with Crippen LogP contribution in [0.15, 0.2) is 42.5 Å². The van der Waals surface area contributed by atoms with Gasteiger partial charge in [0, 0.05) is 19.1 Å². The molecular formula is C30H42ClN9O5S. The lowest BCUT2D eigenvalue weighted by Crippen LogP contribution is -2.41. The van der Waals surface area contributed by atoms with E-state index >= 15 is 0 Å². The minimum Gasteiger partial charge on any atom is -0.506 e. The van der Waals surface area contributed by atoms with E-state index in [0.29, 0.717) is 12.1 Å². The van der Waals surface area contributed by atoms with Gasteiger partial charge in [-0.05, 0) is 74.3 Å². The second-order valence-corrected chi connectivity index (χ2v) is 13.1. The first-order valence-corrected chi connectivity index (χ1v) is 17.0. The molecule has 3 rings (SSSR count). The highest BCUT2D eigenvalue weighted by molar-refractivity contribution is 7.92. The van der Waals surface area contributed by atoms with Crippen molar-refractivity contribution in [1.29, 1.82) is 5.41 Å². The van der Waals surface area contributed by atoms with E-state index in [1.807, 2.05) is 6.92 Å². The predicted molar refractivity (Wildman–Crippen MR) is 180 cm³/mol. The molecule has 46 heavy (non-hydrogen) atoms. The molecular weight excluding hydrogens is 634 g/mol. The number of carbonyl (C=O) groups is 1. The predicted octanol–water partition coefficient (Wildman–Crippen LogP) is 2.68. The molecule has 3 aromatic rings. The zero-order valence-electron chi connectivity index (χ0n) is 25.8. The number of benzene rings is 2. The number of aromatic nitrogens is 2. The molecule has 0 saturated heterocycles. The number of amides is 1. The molecule has 0 aliphatic heterocycles. The molecule has 0 fully saturated rings. The Kier molecular flexibility index (Phi) is 13.4. The Balaban J connectivity index is 1.30. The van der Waals surface area contributed by atoms with Crippen LogP contribution in [0.1, 0.15) is 65.9 Å². The van der Waals surface area contributed by atoms with Crippen molar-refractivity contribution in [1.82, 2.24) is 25.9 Å². The van der Waals surface area contributed by atoms with Gasteiger partial charge in [0.05, 0.1) is 18.0 Å². The van der Waals surface area contributed by atoms with Crippen LogP contribution in [0.4, 0.5) is 17.3 Å². The number of sulfonamides is 1. The van der Waals surface area contributed by atoms with Crippen molar-refractivity contribution in [2.24, 2.45) is 0 Å². The Labute approximate surface area is 273 Å². The van der Waals surface area contributed by atoms with Crippen molar-refractivity contribution < 1.29 is 23.4 Å². The largest absolute Gasteiger partial charge is 0.506 e. The van der Waals surface area contributed by atoms with Crippen LogP contribution < -0.4 is 32.1 Å².